The summed E-state index contributed by atoms with van der Waals surface area (Å²) in [5, 5.41) is 7.79. The zero-order chi connectivity index (χ0) is 21.6. The summed E-state index contributed by atoms with van der Waals surface area (Å²) in [4.78, 5) is 6.80. The molecule has 1 aliphatic rings. The van der Waals surface area contributed by atoms with Crippen molar-refractivity contribution in [2.24, 2.45) is 12.0 Å². The average molecular weight is 420 g/mol. The summed E-state index contributed by atoms with van der Waals surface area (Å²) in [5.41, 5.74) is 2.46. The molecule has 1 N–H and O–H groups in total. The first-order valence-electron chi connectivity index (χ1n) is 10.5. The number of hydrogen-bond acceptors (Lipinski definition) is 4. The topological polar surface area (TPSA) is 63.9 Å². The summed E-state index contributed by atoms with van der Waals surface area (Å²) < 4.78 is 13.2. The molecule has 2 heterocycles. The highest BCUT2D eigenvalue weighted by Gasteiger charge is 2.26. The molecule has 0 radical (unpaired) electrons. The Bertz CT molecular complexity index is 1030. The molecule has 3 aromatic rings. The number of guanidine groups is 1. The molecule has 0 saturated carbocycles. The first kappa shape index (κ1) is 20.8. The molecule has 1 aromatic heterocycles. The third-order valence-corrected chi connectivity index (χ3v) is 5.57. The minimum Gasteiger partial charge on any atom is -0.493 e. The van der Waals surface area contributed by atoms with Crippen molar-refractivity contribution in [3.63, 3.8) is 0 Å². The second kappa shape index (κ2) is 9.55. The third-order valence-electron chi connectivity index (χ3n) is 5.57. The monoisotopic (exact) mass is 419 g/mol. The van der Waals surface area contributed by atoms with Gasteiger partial charge in [0, 0.05) is 45.8 Å². The number of hydrogen-bond donors (Lipinski definition) is 1. The number of likely N-dealkylation sites (tertiary alicyclic amines) is 1. The molecule has 1 saturated heterocycles. The van der Waals surface area contributed by atoms with Gasteiger partial charge in [0.1, 0.15) is 5.75 Å². The number of benzene rings is 2. The molecular formula is C24H29N5O2. The molecule has 31 heavy (non-hydrogen) atoms. The zero-order valence-corrected chi connectivity index (χ0v) is 18.3. The third kappa shape index (κ3) is 4.99. The van der Waals surface area contributed by atoms with Crippen molar-refractivity contribution in [3.8, 4) is 17.2 Å². The van der Waals surface area contributed by atoms with Crippen molar-refractivity contribution in [1.29, 1.82) is 0 Å². The molecule has 7 nitrogen and oxygen atoms in total. The van der Waals surface area contributed by atoms with E-state index in [1.807, 2.05) is 61.4 Å². The largest absolute Gasteiger partial charge is 0.493 e. The van der Waals surface area contributed by atoms with Gasteiger partial charge in [-0.2, -0.15) is 5.10 Å². The molecule has 2 aromatic carbocycles. The molecule has 7 heteroatoms. The fraction of sp³-hybridized carbons (Fsp3) is 0.333. The second-order valence-electron chi connectivity index (χ2n) is 7.68. The maximum Gasteiger partial charge on any atom is 0.193 e. The molecular weight excluding hydrogens is 390 g/mol. The molecule has 1 atom stereocenters. The maximum absolute atomic E-state index is 5.95. The Hall–Kier alpha value is -3.48. The van der Waals surface area contributed by atoms with Crippen LogP contribution in [-0.4, -0.2) is 47.9 Å². The molecule has 0 aliphatic carbocycles. The Morgan fingerprint density at radius 3 is 2.61 bits per heavy atom. The average Bonchev–Trinajstić information content (AvgIpc) is 3.45. The normalized spacial score (nSPS) is 16.4. The van der Waals surface area contributed by atoms with Crippen LogP contribution in [-0.2, 0) is 13.6 Å². The van der Waals surface area contributed by atoms with Crippen molar-refractivity contribution in [2.75, 3.05) is 27.2 Å². The van der Waals surface area contributed by atoms with E-state index in [0.29, 0.717) is 24.0 Å². The van der Waals surface area contributed by atoms with E-state index in [-0.39, 0.29) is 0 Å². The lowest BCUT2D eigenvalue weighted by molar-refractivity contribution is 0.379. The molecule has 1 unspecified atom stereocenters. The van der Waals surface area contributed by atoms with Gasteiger partial charge in [0.25, 0.3) is 0 Å². The van der Waals surface area contributed by atoms with E-state index >= 15 is 0 Å². The molecule has 1 aliphatic heterocycles. The van der Waals surface area contributed by atoms with Crippen LogP contribution in [0.25, 0.3) is 0 Å². The number of para-hydroxylation sites is 2. The highest BCUT2D eigenvalue weighted by molar-refractivity contribution is 5.80. The fourth-order valence-electron chi connectivity index (χ4n) is 3.89. The van der Waals surface area contributed by atoms with Crippen molar-refractivity contribution in [2.45, 2.75) is 18.9 Å². The Morgan fingerprint density at radius 2 is 1.94 bits per heavy atom. The van der Waals surface area contributed by atoms with E-state index in [1.165, 1.54) is 5.56 Å². The predicted molar refractivity (Wildman–Crippen MR) is 122 cm³/mol. The van der Waals surface area contributed by atoms with Crippen molar-refractivity contribution < 1.29 is 9.47 Å². The molecule has 162 valence electrons. The Kier molecular flexibility index (Phi) is 6.40. The van der Waals surface area contributed by atoms with Crippen molar-refractivity contribution in [1.82, 2.24) is 20.0 Å². The number of aromatic nitrogens is 2. The minimum absolute atomic E-state index is 0.499. The SMILES string of the molecule is CN=C(NCc1ccc(Oc2ccccc2OC)cc1)N1CCC(c2cnn(C)c2)C1. The highest BCUT2D eigenvalue weighted by atomic mass is 16.5. The van der Waals surface area contributed by atoms with Crippen LogP contribution < -0.4 is 14.8 Å². The summed E-state index contributed by atoms with van der Waals surface area (Å²) in [6.45, 7) is 2.65. The van der Waals surface area contributed by atoms with Gasteiger partial charge in [-0.1, -0.05) is 24.3 Å². The first-order chi connectivity index (χ1) is 15.2. The lowest BCUT2D eigenvalue weighted by Crippen LogP contribution is -2.39. The first-order valence-corrected chi connectivity index (χ1v) is 10.5. The van der Waals surface area contributed by atoms with Crippen molar-refractivity contribution in [3.05, 3.63) is 72.1 Å². The quantitative estimate of drug-likeness (QED) is 0.487. The molecule has 4 rings (SSSR count). The second-order valence-corrected chi connectivity index (χ2v) is 7.68. The van der Waals surface area contributed by atoms with Crippen molar-refractivity contribution >= 4 is 5.96 Å². The summed E-state index contributed by atoms with van der Waals surface area (Å²) in [7, 11) is 5.44. The fourth-order valence-corrected chi connectivity index (χ4v) is 3.89. The van der Waals surface area contributed by atoms with E-state index < -0.39 is 0 Å². The van der Waals surface area contributed by atoms with Crippen LogP contribution in [0.1, 0.15) is 23.5 Å². The standard InChI is InChI=1S/C24H29N5O2/c1-25-24(29-13-12-19(17-29)20-15-27-28(2)16-20)26-14-18-8-10-21(11-9-18)31-23-7-5-4-6-22(23)30-3/h4-11,15-16,19H,12-14,17H2,1-3H3,(H,25,26). The lowest BCUT2D eigenvalue weighted by atomic mass is 10.0. The van der Waals surface area contributed by atoms with Crippen LogP contribution in [0.4, 0.5) is 0 Å². The van der Waals surface area contributed by atoms with Crippen LogP contribution in [0.5, 0.6) is 17.2 Å². The number of ether oxygens (including phenoxy) is 2. The van der Waals surface area contributed by atoms with Gasteiger partial charge < -0.3 is 19.7 Å². The number of nitrogens with zero attached hydrogens (tertiary/aromatic N) is 4. The minimum atomic E-state index is 0.499. The summed E-state index contributed by atoms with van der Waals surface area (Å²) >= 11 is 0. The molecule has 0 amide bonds. The van der Waals surface area contributed by atoms with E-state index in [2.05, 4.69) is 38.6 Å². The van der Waals surface area contributed by atoms with Gasteiger partial charge in [-0.25, -0.2) is 0 Å². The van der Waals surface area contributed by atoms with Gasteiger partial charge in [0.05, 0.1) is 13.3 Å². The zero-order valence-electron chi connectivity index (χ0n) is 18.3. The van der Waals surface area contributed by atoms with Crippen LogP contribution in [0, 0.1) is 0 Å². The van der Waals surface area contributed by atoms with Gasteiger partial charge in [0.2, 0.25) is 0 Å². The number of methoxy groups -OCH3 is 1. The number of aryl methyl sites for hydroxylation is 1. The van der Waals surface area contributed by atoms with Crippen LogP contribution in [0.15, 0.2) is 65.9 Å². The van der Waals surface area contributed by atoms with Gasteiger partial charge in [-0.05, 0) is 41.8 Å². The lowest BCUT2D eigenvalue weighted by Gasteiger charge is -2.21. The van der Waals surface area contributed by atoms with E-state index in [4.69, 9.17) is 9.47 Å². The van der Waals surface area contributed by atoms with Crippen LogP contribution in [0.3, 0.4) is 0 Å². The highest BCUT2D eigenvalue weighted by Crippen LogP contribution is 2.31. The van der Waals surface area contributed by atoms with E-state index in [0.717, 1.165) is 36.8 Å². The Labute approximate surface area is 183 Å². The molecule has 1 fully saturated rings. The number of rotatable bonds is 6. The van der Waals surface area contributed by atoms with Gasteiger partial charge in [0.15, 0.2) is 17.5 Å². The predicted octanol–water partition coefficient (Wildman–Crippen LogP) is 3.79. The van der Waals surface area contributed by atoms with E-state index in [1.54, 1.807) is 7.11 Å². The van der Waals surface area contributed by atoms with E-state index in [9.17, 15) is 0 Å². The van der Waals surface area contributed by atoms with Gasteiger partial charge >= 0.3 is 0 Å². The Balaban J connectivity index is 1.32. The van der Waals surface area contributed by atoms with Crippen LogP contribution >= 0.6 is 0 Å². The van der Waals surface area contributed by atoms with Gasteiger partial charge in [-0.3, -0.25) is 9.67 Å². The number of nitrogens with one attached hydrogen (secondary N) is 1. The summed E-state index contributed by atoms with van der Waals surface area (Å²) in [5.74, 6) is 3.62. The summed E-state index contributed by atoms with van der Waals surface area (Å²) in [6.07, 6.45) is 5.19. The Morgan fingerprint density at radius 1 is 1.16 bits per heavy atom. The molecule has 0 spiro atoms. The van der Waals surface area contributed by atoms with Gasteiger partial charge in [-0.15, -0.1) is 0 Å². The van der Waals surface area contributed by atoms with Crippen LogP contribution in [0.2, 0.25) is 0 Å². The number of aliphatic imine (C=N–C) groups is 1. The summed E-state index contributed by atoms with van der Waals surface area (Å²) in [6, 6.07) is 15.7. The molecule has 0 bridgehead atoms. The smallest absolute Gasteiger partial charge is 0.193 e. The maximum atomic E-state index is 5.95.